The van der Waals surface area contributed by atoms with Crippen molar-refractivity contribution < 1.29 is 9.53 Å². The van der Waals surface area contributed by atoms with Crippen LogP contribution in [0, 0.1) is 0 Å². The summed E-state index contributed by atoms with van der Waals surface area (Å²) >= 11 is 6.56. The molecule has 0 aromatic heterocycles. The second kappa shape index (κ2) is 14.4. The third-order valence-corrected chi connectivity index (χ3v) is 9.85. The molecule has 1 amide bonds. The van der Waals surface area contributed by atoms with E-state index in [4.69, 9.17) is 16.3 Å². The first-order valence-electron chi connectivity index (χ1n) is 16.2. The van der Waals surface area contributed by atoms with Crippen LogP contribution in [0.3, 0.4) is 0 Å². The zero-order valence-electron chi connectivity index (χ0n) is 25.3. The Hall–Kier alpha value is -2.08. The summed E-state index contributed by atoms with van der Waals surface area (Å²) in [6.07, 6.45) is 11.6. The smallest absolute Gasteiger partial charge is 0.227 e. The maximum Gasteiger partial charge on any atom is 0.227 e. The molecule has 0 N–H and O–H groups in total. The van der Waals surface area contributed by atoms with E-state index in [1.54, 1.807) is 0 Å². The zero-order valence-corrected chi connectivity index (χ0v) is 26.1. The van der Waals surface area contributed by atoms with Crippen molar-refractivity contribution in [2.24, 2.45) is 0 Å². The quantitative estimate of drug-likeness (QED) is 0.322. The summed E-state index contributed by atoms with van der Waals surface area (Å²) in [4.78, 5) is 21.4. The summed E-state index contributed by atoms with van der Waals surface area (Å²) in [7, 11) is 0. The minimum atomic E-state index is -0.0800. The monoisotopic (exact) mass is 579 g/mol. The first-order valence-corrected chi connectivity index (χ1v) is 16.5. The molecule has 3 saturated heterocycles. The van der Waals surface area contributed by atoms with Gasteiger partial charge >= 0.3 is 0 Å². The van der Waals surface area contributed by atoms with Gasteiger partial charge in [0, 0.05) is 29.6 Å². The molecular formula is C35H50ClN3O2. The number of halogens is 1. The fourth-order valence-electron chi connectivity index (χ4n) is 7.36. The van der Waals surface area contributed by atoms with Crippen molar-refractivity contribution in [2.45, 2.75) is 95.6 Å². The number of hydrogen-bond donors (Lipinski definition) is 0. The van der Waals surface area contributed by atoms with Crippen LogP contribution in [0.25, 0.3) is 0 Å². The van der Waals surface area contributed by atoms with Gasteiger partial charge in [0.05, 0.1) is 12.5 Å². The number of rotatable bonds is 9. The molecule has 5 nitrogen and oxygen atoms in total. The minimum absolute atomic E-state index is 0.0800. The van der Waals surface area contributed by atoms with E-state index >= 15 is 0 Å². The second-order valence-corrected chi connectivity index (χ2v) is 13.4. The maximum absolute atomic E-state index is 13.8. The van der Waals surface area contributed by atoms with Gasteiger partial charge in [0.2, 0.25) is 5.91 Å². The van der Waals surface area contributed by atoms with E-state index in [1.807, 2.05) is 44.2 Å². The number of likely N-dealkylation sites (tertiary alicyclic amines) is 3. The number of carbonyl (C=O) groups excluding carboxylic acids is 1. The van der Waals surface area contributed by atoms with Crippen LogP contribution in [0.5, 0.6) is 5.75 Å². The molecule has 3 heterocycles. The Morgan fingerprint density at radius 2 is 1.71 bits per heavy atom. The van der Waals surface area contributed by atoms with Crippen LogP contribution in [0.4, 0.5) is 0 Å². The van der Waals surface area contributed by atoms with Gasteiger partial charge in [-0.05, 0) is 127 Å². The molecular weight excluding hydrogens is 530 g/mol. The van der Waals surface area contributed by atoms with Crippen molar-refractivity contribution in [3.8, 4) is 5.75 Å². The molecule has 0 aliphatic carbocycles. The normalized spacial score (nSPS) is 23.5. The lowest BCUT2D eigenvalue weighted by Crippen LogP contribution is -2.48. The number of amides is 1. The summed E-state index contributed by atoms with van der Waals surface area (Å²) < 4.78 is 5.89. The predicted molar refractivity (Wildman–Crippen MR) is 169 cm³/mol. The Morgan fingerprint density at radius 3 is 2.46 bits per heavy atom. The van der Waals surface area contributed by atoms with E-state index in [1.165, 1.54) is 63.8 Å². The van der Waals surface area contributed by atoms with E-state index in [9.17, 15) is 4.79 Å². The predicted octanol–water partition coefficient (Wildman–Crippen LogP) is 6.96. The number of piperidine rings is 2. The lowest BCUT2D eigenvalue weighted by atomic mass is 9.73. The van der Waals surface area contributed by atoms with Crippen LogP contribution in [0.1, 0.15) is 82.8 Å². The van der Waals surface area contributed by atoms with Gasteiger partial charge in [-0.15, -0.1) is 0 Å². The molecule has 3 aliphatic rings. The Kier molecular flexibility index (Phi) is 10.7. The fraction of sp³-hybridized carbons (Fsp3) is 0.629. The van der Waals surface area contributed by atoms with Crippen molar-refractivity contribution in [1.82, 2.24) is 14.7 Å². The van der Waals surface area contributed by atoms with Gasteiger partial charge in [0.25, 0.3) is 0 Å². The lowest BCUT2D eigenvalue weighted by Gasteiger charge is -2.42. The Balaban J connectivity index is 1.27. The molecule has 5 rings (SSSR count). The Bertz CT molecular complexity index is 1130. The molecule has 1 atom stereocenters. The van der Waals surface area contributed by atoms with Crippen molar-refractivity contribution in [3.63, 3.8) is 0 Å². The molecule has 6 heteroatoms. The van der Waals surface area contributed by atoms with Crippen LogP contribution < -0.4 is 4.74 Å². The summed E-state index contributed by atoms with van der Waals surface area (Å²) in [6.45, 7) is 11.7. The van der Waals surface area contributed by atoms with Crippen LogP contribution in [0.2, 0.25) is 5.02 Å². The summed E-state index contributed by atoms with van der Waals surface area (Å²) in [6, 6.07) is 17.3. The van der Waals surface area contributed by atoms with Gasteiger partial charge in [-0.1, -0.05) is 48.7 Å². The highest BCUT2D eigenvalue weighted by molar-refractivity contribution is 6.30. The largest absolute Gasteiger partial charge is 0.491 e. The highest BCUT2D eigenvalue weighted by Crippen LogP contribution is 2.38. The van der Waals surface area contributed by atoms with Crippen LogP contribution in [-0.4, -0.2) is 78.6 Å². The molecule has 0 unspecified atom stereocenters. The molecule has 3 fully saturated rings. The number of ether oxygens (including phenoxy) is 1. The maximum atomic E-state index is 13.8. The van der Waals surface area contributed by atoms with Crippen LogP contribution in [-0.2, 0) is 16.6 Å². The van der Waals surface area contributed by atoms with Crippen molar-refractivity contribution in [3.05, 3.63) is 64.7 Å². The van der Waals surface area contributed by atoms with E-state index in [0.717, 1.165) is 67.7 Å². The minimum Gasteiger partial charge on any atom is -0.491 e. The molecule has 0 bridgehead atoms. The highest BCUT2D eigenvalue weighted by Gasteiger charge is 2.38. The molecule has 3 aliphatic heterocycles. The molecule has 224 valence electrons. The van der Waals surface area contributed by atoms with Gasteiger partial charge in [-0.25, -0.2) is 0 Å². The second-order valence-electron chi connectivity index (χ2n) is 13.0. The van der Waals surface area contributed by atoms with Gasteiger partial charge in [0.15, 0.2) is 0 Å². The van der Waals surface area contributed by atoms with Gasteiger partial charge in [0.1, 0.15) is 5.75 Å². The Labute approximate surface area is 253 Å². The average Bonchev–Trinajstić information content (AvgIpc) is 3.21. The summed E-state index contributed by atoms with van der Waals surface area (Å²) in [5.41, 5.74) is 2.23. The van der Waals surface area contributed by atoms with E-state index in [0.29, 0.717) is 6.42 Å². The average molecular weight is 580 g/mol. The molecule has 2 aromatic rings. The SMILES string of the molecule is CC(C)Oc1cccc(CC(=O)N2CCCC[C@](CCN3CCC(N4CCCCC4)CC3)(c3cccc(Cl)c3)C2)c1. The van der Waals surface area contributed by atoms with Gasteiger partial charge in [-0.3, -0.25) is 4.79 Å². The third-order valence-electron chi connectivity index (χ3n) is 9.61. The molecule has 0 spiro atoms. The highest BCUT2D eigenvalue weighted by atomic mass is 35.5. The standard InChI is InChI=1S/C35H50ClN3O2/c1-28(2)41-33-13-8-10-29(24-33)25-34(40)39-20-7-4-16-35(27-39,30-11-9-12-31(36)26-30)17-23-37-21-14-32(15-22-37)38-18-5-3-6-19-38/h8-13,24,26,28,32H,3-7,14-23,25,27H2,1-2H3/t35-/m1/s1. The topological polar surface area (TPSA) is 36.0 Å². The third kappa shape index (κ3) is 8.27. The lowest BCUT2D eigenvalue weighted by molar-refractivity contribution is -0.131. The fourth-order valence-corrected chi connectivity index (χ4v) is 7.55. The first kappa shape index (κ1) is 30.4. The molecule has 2 aromatic carbocycles. The van der Waals surface area contributed by atoms with Crippen LogP contribution >= 0.6 is 11.6 Å². The van der Waals surface area contributed by atoms with Crippen LogP contribution in [0.15, 0.2) is 48.5 Å². The van der Waals surface area contributed by atoms with E-state index in [2.05, 4.69) is 32.9 Å². The number of carbonyl (C=O) groups is 1. The molecule has 41 heavy (non-hydrogen) atoms. The first-order chi connectivity index (χ1) is 19.9. The summed E-state index contributed by atoms with van der Waals surface area (Å²) in [5, 5.41) is 0.785. The van der Waals surface area contributed by atoms with E-state index < -0.39 is 0 Å². The Morgan fingerprint density at radius 1 is 0.951 bits per heavy atom. The van der Waals surface area contributed by atoms with Crippen molar-refractivity contribution >= 4 is 17.5 Å². The van der Waals surface area contributed by atoms with Crippen molar-refractivity contribution in [2.75, 3.05) is 45.8 Å². The number of hydrogen-bond acceptors (Lipinski definition) is 4. The van der Waals surface area contributed by atoms with Gasteiger partial charge in [-0.2, -0.15) is 0 Å². The zero-order chi connectivity index (χ0) is 28.7. The molecule has 0 radical (unpaired) electrons. The van der Waals surface area contributed by atoms with Crippen molar-refractivity contribution in [1.29, 1.82) is 0 Å². The summed E-state index contributed by atoms with van der Waals surface area (Å²) in [5.74, 6) is 1.04. The van der Waals surface area contributed by atoms with E-state index in [-0.39, 0.29) is 17.4 Å². The van der Waals surface area contributed by atoms with Gasteiger partial charge < -0.3 is 19.4 Å². The molecule has 0 saturated carbocycles. The number of nitrogens with zero attached hydrogens (tertiary/aromatic N) is 3. The number of benzene rings is 2.